The monoisotopic (exact) mass is 384 g/mol. The molecule has 0 saturated carbocycles. The van der Waals surface area contributed by atoms with Crippen molar-refractivity contribution in [3.8, 4) is 11.3 Å². The van der Waals surface area contributed by atoms with Crippen molar-refractivity contribution in [2.75, 3.05) is 17.6 Å². The second kappa shape index (κ2) is 6.84. The van der Waals surface area contributed by atoms with Crippen LogP contribution in [0.5, 0.6) is 0 Å². The molecule has 28 heavy (non-hydrogen) atoms. The van der Waals surface area contributed by atoms with Gasteiger partial charge in [0, 0.05) is 16.5 Å². The van der Waals surface area contributed by atoms with Crippen molar-refractivity contribution in [1.82, 2.24) is 20.4 Å². The van der Waals surface area contributed by atoms with Crippen molar-refractivity contribution in [2.24, 2.45) is 0 Å². The second-order valence-corrected chi connectivity index (χ2v) is 6.24. The molecule has 0 saturated heterocycles. The van der Waals surface area contributed by atoms with Crippen LogP contribution in [0.3, 0.4) is 0 Å². The normalized spacial score (nSPS) is 11.7. The van der Waals surface area contributed by atoms with Gasteiger partial charge in [0.15, 0.2) is 5.82 Å². The zero-order valence-electron chi connectivity index (χ0n) is 14.5. The van der Waals surface area contributed by atoms with Crippen LogP contribution >= 0.6 is 0 Å². The molecule has 0 unspecified atom stereocenters. The first-order chi connectivity index (χ1) is 13.4. The van der Waals surface area contributed by atoms with Crippen LogP contribution in [0, 0.1) is 5.82 Å². The molecule has 142 valence electrons. The van der Waals surface area contributed by atoms with E-state index in [9.17, 15) is 13.2 Å². The van der Waals surface area contributed by atoms with Crippen LogP contribution in [0.4, 0.5) is 24.8 Å². The van der Waals surface area contributed by atoms with E-state index in [0.29, 0.717) is 11.5 Å². The third-order valence-electron chi connectivity index (χ3n) is 4.31. The Bertz CT molecular complexity index is 1110. The molecule has 6 nitrogen and oxygen atoms in total. The van der Waals surface area contributed by atoms with Crippen LogP contribution in [-0.4, -0.2) is 26.9 Å². The van der Waals surface area contributed by atoms with E-state index in [4.69, 9.17) is 5.73 Å². The van der Waals surface area contributed by atoms with E-state index in [1.54, 1.807) is 12.1 Å². The lowest BCUT2D eigenvalue weighted by molar-refractivity contribution is 0.0105. The van der Waals surface area contributed by atoms with Gasteiger partial charge in [-0.1, -0.05) is 18.2 Å². The number of rotatable bonds is 5. The molecule has 0 radical (unpaired) electrons. The smallest absolute Gasteiger partial charge is 0.290 e. The number of hydrogen-bond acceptors (Lipinski definition) is 5. The van der Waals surface area contributed by atoms with Crippen molar-refractivity contribution >= 4 is 22.5 Å². The highest BCUT2D eigenvalue weighted by Gasteiger charge is 2.31. The predicted molar refractivity (Wildman–Crippen MR) is 100 cm³/mol. The summed E-state index contributed by atoms with van der Waals surface area (Å²) >= 11 is 0. The first-order valence-corrected chi connectivity index (χ1v) is 8.38. The summed E-state index contributed by atoms with van der Waals surface area (Å²) in [6.45, 7) is -0.690. The van der Waals surface area contributed by atoms with Crippen LogP contribution < -0.4 is 11.1 Å². The Balaban J connectivity index is 1.48. The molecule has 0 atom stereocenters. The fourth-order valence-electron chi connectivity index (χ4n) is 2.77. The molecule has 0 spiro atoms. The number of nitrogen functional groups attached to an aromatic ring is 1. The van der Waals surface area contributed by atoms with E-state index < -0.39 is 18.3 Å². The maximum absolute atomic E-state index is 14.2. The van der Waals surface area contributed by atoms with Gasteiger partial charge >= 0.3 is 0 Å². The van der Waals surface area contributed by atoms with E-state index in [-0.39, 0.29) is 11.4 Å². The summed E-state index contributed by atoms with van der Waals surface area (Å²) in [5.41, 5.74) is 7.67. The molecule has 0 aliphatic carbocycles. The third-order valence-corrected chi connectivity index (χ3v) is 4.31. The molecule has 0 amide bonds. The third kappa shape index (κ3) is 3.46. The first kappa shape index (κ1) is 17.8. The molecule has 0 bridgehead atoms. The molecule has 4 aromatic rings. The lowest BCUT2D eigenvalue weighted by Crippen LogP contribution is -2.25. The van der Waals surface area contributed by atoms with Gasteiger partial charge in [0.2, 0.25) is 0 Å². The van der Waals surface area contributed by atoms with Gasteiger partial charge < -0.3 is 11.1 Å². The zero-order valence-corrected chi connectivity index (χ0v) is 14.5. The number of nitrogens with zero attached hydrogens (tertiary/aromatic N) is 3. The van der Waals surface area contributed by atoms with E-state index in [1.807, 2.05) is 18.2 Å². The molecule has 4 N–H and O–H groups in total. The quantitative estimate of drug-likeness (QED) is 0.485. The number of halogens is 3. The summed E-state index contributed by atoms with van der Waals surface area (Å²) in [5.74, 6) is -3.16. The topological polar surface area (TPSA) is 92.5 Å². The number of H-pyrrole nitrogens is 1. The minimum absolute atomic E-state index is 0.203. The molecule has 4 rings (SSSR count). The SMILES string of the molecule is Nc1n[nH]c2ccc(-c3ccc(NCC(F)(F)c4ccc(F)cc4)nn3)cc12. The lowest BCUT2D eigenvalue weighted by Gasteiger charge is -2.17. The van der Waals surface area contributed by atoms with E-state index in [1.165, 1.54) is 0 Å². The molecule has 0 fully saturated rings. The number of benzene rings is 2. The molecule has 0 aliphatic rings. The molecule has 2 heterocycles. The van der Waals surface area contributed by atoms with Crippen molar-refractivity contribution in [1.29, 1.82) is 0 Å². The van der Waals surface area contributed by atoms with Gasteiger partial charge in [-0.05, 0) is 36.4 Å². The fraction of sp³-hybridized carbons (Fsp3) is 0.105. The summed E-state index contributed by atoms with van der Waals surface area (Å²) in [6.07, 6.45) is 0. The fourth-order valence-corrected chi connectivity index (χ4v) is 2.77. The van der Waals surface area contributed by atoms with Crippen LogP contribution in [0.1, 0.15) is 5.56 Å². The highest BCUT2D eigenvalue weighted by molar-refractivity contribution is 5.91. The van der Waals surface area contributed by atoms with Crippen LogP contribution in [0.25, 0.3) is 22.2 Å². The average molecular weight is 384 g/mol. The summed E-state index contributed by atoms with van der Waals surface area (Å²) in [4.78, 5) is 0. The Hall–Kier alpha value is -3.62. The highest BCUT2D eigenvalue weighted by Crippen LogP contribution is 2.29. The maximum atomic E-state index is 14.2. The Kier molecular flexibility index (Phi) is 4.34. The summed E-state index contributed by atoms with van der Waals surface area (Å²) < 4.78 is 41.3. The van der Waals surface area contributed by atoms with Crippen LogP contribution in [-0.2, 0) is 5.92 Å². The Morgan fingerprint density at radius 2 is 1.79 bits per heavy atom. The largest absolute Gasteiger partial charge is 0.382 e. The first-order valence-electron chi connectivity index (χ1n) is 8.38. The van der Waals surface area contributed by atoms with Crippen molar-refractivity contribution in [2.45, 2.75) is 5.92 Å². The minimum atomic E-state index is -3.18. The summed E-state index contributed by atoms with van der Waals surface area (Å²) in [7, 11) is 0. The lowest BCUT2D eigenvalue weighted by atomic mass is 10.1. The van der Waals surface area contributed by atoms with Gasteiger partial charge in [-0.2, -0.15) is 13.9 Å². The van der Waals surface area contributed by atoms with Gasteiger partial charge in [0.1, 0.15) is 11.6 Å². The van der Waals surface area contributed by atoms with Gasteiger partial charge in [0.05, 0.1) is 17.8 Å². The van der Waals surface area contributed by atoms with Gasteiger partial charge in [0.25, 0.3) is 5.92 Å². The standard InChI is InChI=1S/C19H15F3N6/c20-13-4-2-12(3-5-13)19(21,22)10-24-17-8-7-15(25-27-17)11-1-6-16-14(9-11)18(23)28-26-16/h1-9H,10H2,(H,24,27)(H3,23,26,28). The number of anilines is 2. The van der Waals surface area contributed by atoms with Crippen LogP contribution in [0.15, 0.2) is 54.6 Å². The van der Waals surface area contributed by atoms with Crippen molar-refractivity contribution < 1.29 is 13.2 Å². The Morgan fingerprint density at radius 1 is 1.00 bits per heavy atom. The minimum Gasteiger partial charge on any atom is -0.382 e. The number of fused-ring (bicyclic) bond motifs is 1. The van der Waals surface area contributed by atoms with Crippen molar-refractivity contribution in [3.05, 3.63) is 66.0 Å². The summed E-state index contributed by atoms with van der Waals surface area (Å²) in [5, 5.41) is 18.1. The highest BCUT2D eigenvalue weighted by atomic mass is 19.3. The van der Waals surface area contributed by atoms with E-state index in [0.717, 1.165) is 40.7 Å². The predicted octanol–water partition coefficient (Wildman–Crippen LogP) is 3.95. The average Bonchev–Trinajstić information content (AvgIpc) is 3.07. The molecular weight excluding hydrogens is 369 g/mol. The van der Waals surface area contributed by atoms with Crippen molar-refractivity contribution in [3.63, 3.8) is 0 Å². The number of nitrogens with two attached hydrogens (primary N) is 1. The number of aromatic amines is 1. The van der Waals surface area contributed by atoms with Crippen LogP contribution in [0.2, 0.25) is 0 Å². The Morgan fingerprint density at radius 3 is 2.50 bits per heavy atom. The van der Waals surface area contributed by atoms with E-state index >= 15 is 0 Å². The maximum Gasteiger partial charge on any atom is 0.290 e. The second-order valence-electron chi connectivity index (χ2n) is 6.24. The number of nitrogens with one attached hydrogen (secondary N) is 2. The zero-order chi connectivity index (χ0) is 19.7. The number of hydrogen-bond donors (Lipinski definition) is 3. The molecule has 2 aromatic carbocycles. The van der Waals surface area contributed by atoms with Gasteiger partial charge in [-0.25, -0.2) is 4.39 Å². The Labute approximate surface area is 157 Å². The summed E-state index contributed by atoms with van der Waals surface area (Å²) in [6, 6.07) is 12.8. The molecule has 2 aromatic heterocycles. The molecular formula is C19H15F3N6. The number of alkyl halides is 2. The van der Waals surface area contributed by atoms with Gasteiger partial charge in [-0.3, -0.25) is 5.10 Å². The number of aromatic nitrogens is 4. The van der Waals surface area contributed by atoms with E-state index in [2.05, 4.69) is 25.7 Å². The molecule has 9 heteroatoms. The van der Waals surface area contributed by atoms with Gasteiger partial charge in [-0.15, -0.1) is 10.2 Å². The molecule has 0 aliphatic heterocycles.